The lowest BCUT2D eigenvalue weighted by Crippen LogP contribution is -2.34. The highest BCUT2D eigenvalue weighted by molar-refractivity contribution is 7.47. The molecule has 0 aliphatic carbocycles. The number of phosphoric ester groups is 1. The SMILES string of the molecule is CC/C=C\C/C=C\C/C=C\C/C=C\C[C@H](O)[C@@H](O)CCCC(=O)OC[C@H](COP(=O)(O)OC[C@H](N)C(=O)O)OC(=O)CCC/C=C\C/C=C\C/C=C\CCCCCCCC. The molecular formula is C46H76NO12P. The maximum absolute atomic E-state index is 12.6. The van der Waals surface area contributed by atoms with E-state index < -0.39 is 69.9 Å². The fourth-order valence-corrected chi connectivity index (χ4v) is 6.06. The summed E-state index contributed by atoms with van der Waals surface area (Å²) in [5.41, 5.74) is 5.31. The molecule has 0 fully saturated rings. The number of carbonyl (C=O) groups is 3. The van der Waals surface area contributed by atoms with Gasteiger partial charge in [-0.2, -0.15) is 0 Å². The van der Waals surface area contributed by atoms with Crippen LogP contribution in [0, 0.1) is 0 Å². The monoisotopic (exact) mass is 866 g/mol. The summed E-state index contributed by atoms with van der Waals surface area (Å²) in [6.45, 7) is 2.31. The van der Waals surface area contributed by atoms with Crippen molar-refractivity contribution in [2.24, 2.45) is 5.73 Å². The number of ether oxygens (including phenoxy) is 2. The van der Waals surface area contributed by atoms with Crippen LogP contribution in [0.15, 0.2) is 85.1 Å². The van der Waals surface area contributed by atoms with E-state index in [0.29, 0.717) is 19.3 Å². The summed E-state index contributed by atoms with van der Waals surface area (Å²) in [6.07, 6.45) is 41.2. The lowest BCUT2D eigenvalue weighted by molar-refractivity contribution is -0.161. The first-order valence-corrected chi connectivity index (χ1v) is 23.3. The smallest absolute Gasteiger partial charge is 0.472 e. The summed E-state index contributed by atoms with van der Waals surface area (Å²) in [7, 11) is -4.80. The summed E-state index contributed by atoms with van der Waals surface area (Å²) >= 11 is 0. The summed E-state index contributed by atoms with van der Waals surface area (Å²) in [4.78, 5) is 46.0. The molecule has 6 N–H and O–H groups in total. The first-order chi connectivity index (χ1) is 28.9. The molecule has 14 heteroatoms. The number of aliphatic hydroxyl groups is 2. The van der Waals surface area contributed by atoms with Gasteiger partial charge in [-0.3, -0.25) is 23.4 Å². The van der Waals surface area contributed by atoms with Crippen LogP contribution in [0.2, 0.25) is 0 Å². The molecule has 0 radical (unpaired) electrons. The molecule has 0 aromatic heterocycles. The fourth-order valence-electron chi connectivity index (χ4n) is 5.28. The van der Waals surface area contributed by atoms with Gasteiger partial charge in [-0.15, -0.1) is 0 Å². The van der Waals surface area contributed by atoms with E-state index in [1.165, 1.54) is 38.5 Å². The zero-order valence-corrected chi connectivity index (χ0v) is 37.1. The van der Waals surface area contributed by atoms with Crippen molar-refractivity contribution in [2.45, 2.75) is 167 Å². The quantitative estimate of drug-likeness (QED) is 0.0169. The van der Waals surface area contributed by atoms with Crippen molar-refractivity contribution in [2.75, 3.05) is 19.8 Å². The second kappa shape index (κ2) is 39.7. The second-order valence-electron chi connectivity index (χ2n) is 14.4. The molecule has 0 saturated heterocycles. The van der Waals surface area contributed by atoms with Crippen LogP contribution < -0.4 is 5.73 Å². The van der Waals surface area contributed by atoms with Crippen molar-refractivity contribution in [1.29, 1.82) is 0 Å². The maximum atomic E-state index is 12.6. The van der Waals surface area contributed by atoms with Gasteiger partial charge in [0.15, 0.2) is 6.10 Å². The number of carbonyl (C=O) groups excluding carboxylic acids is 2. The third-order valence-electron chi connectivity index (χ3n) is 8.83. The molecule has 0 bridgehead atoms. The molecule has 0 saturated carbocycles. The molecule has 13 nitrogen and oxygen atoms in total. The Balaban J connectivity index is 4.70. The van der Waals surface area contributed by atoms with E-state index in [-0.39, 0.29) is 32.1 Å². The molecular weight excluding hydrogens is 789 g/mol. The second-order valence-corrected chi connectivity index (χ2v) is 15.9. The molecule has 0 aliphatic rings. The minimum Gasteiger partial charge on any atom is -0.480 e. The number of esters is 2. The molecule has 5 atom stereocenters. The van der Waals surface area contributed by atoms with Crippen molar-refractivity contribution >= 4 is 25.7 Å². The lowest BCUT2D eigenvalue weighted by atomic mass is 10.0. The Hall–Kier alpha value is -3.42. The van der Waals surface area contributed by atoms with Gasteiger partial charge in [-0.25, -0.2) is 4.57 Å². The summed E-state index contributed by atoms with van der Waals surface area (Å²) in [6, 6.07) is -1.57. The molecule has 0 aromatic rings. The first-order valence-electron chi connectivity index (χ1n) is 21.8. The number of aliphatic carboxylic acids is 1. The predicted molar refractivity (Wildman–Crippen MR) is 238 cm³/mol. The Morgan fingerprint density at radius 3 is 1.68 bits per heavy atom. The van der Waals surface area contributed by atoms with Crippen LogP contribution in [0.1, 0.15) is 142 Å². The minimum absolute atomic E-state index is 0.0237. The van der Waals surface area contributed by atoms with Gasteiger partial charge in [0, 0.05) is 12.8 Å². The van der Waals surface area contributed by atoms with E-state index in [1.807, 2.05) is 24.3 Å². The largest absolute Gasteiger partial charge is 0.480 e. The van der Waals surface area contributed by atoms with Gasteiger partial charge in [0.25, 0.3) is 0 Å². The van der Waals surface area contributed by atoms with E-state index in [1.54, 1.807) is 6.08 Å². The van der Waals surface area contributed by atoms with Crippen molar-refractivity contribution in [3.8, 4) is 0 Å². The summed E-state index contributed by atoms with van der Waals surface area (Å²) in [5, 5.41) is 29.5. The summed E-state index contributed by atoms with van der Waals surface area (Å²) < 4.78 is 32.4. The van der Waals surface area contributed by atoms with Crippen LogP contribution in [0.4, 0.5) is 0 Å². The number of hydrogen-bond acceptors (Lipinski definition) is 11. The minimum atomic E-state index is -4.80. The lowest BCUT2D eigenvalue weighted by Gasteiger charge is -2.20. The Morgan fingerprint density at radius 1 is 0.600 bits per heavy atom. The molecule has 0 heterocycles. The van der Waals surface area contributed by atoms with E-state index in [4.69, 9.17) is 24.8 Å². The highest BCUT2D eigenvalue weighted by Crippen LogP contribution is 2.43. The number of allylic oxidation sites excluding steroid dienone is 13. The Kier molecular flexibility index (Phi) is 37.4. The van der Waals surface area contributed by atoms with Gasteiger partial charge >= 0.3 is 25.7 Å². The zero-order valence-electron chi connectivity index (χ0n) is 36.2. The third-order valence-corrected chi connectivity index (χ3v) is 9.78. The fraction of sp³-hybridized carbons (Fsp3) is 0.630. The summed E-state index contributed by atoms with van der Waals surface area (Å²) in [5.74, 6) is -2.78. The Labute approximate surface area is 359 Å². The van der Waals surface area contributed by atoms with Crippen molar-refractivity contribution in [1.82, 2.24) is 0 Å². The standard InChI is InChI=1S/C46H76NO12P/c1-3-5-7-9-11-13-15-17-18-19-20-21-23-25-27-29-31-35-45(51)59-40(38-57-60(54,55)58-39-41(47)46(52)53)37-56-44(50)36-32-34-43(49)42(48)33-30-28-26-24-22-16-14-12-10-8-6-4-2/h6,8,12,14,17-18,20-22,24-25,27-28,30,40-43,48-49H,3-5,7,9-11,13,15-16,19,23,26,29,31-39,47H2,1-2H3,(H,52,53)(H,54,55)/b8-6-,14-12-,18-17-,21-20-,24-22-,27-25-,30-28-/t40-,41+,42+,43+/m1/s1. The number of carboxylic acids is 1. The molecule has 0 rings (SSSR count). The Morgan fingerprint density at radius 2 is 1.10 bits per heavy atom. The van der Waals surface area contributed by atoms with Crippen LogP contribution in [0.5, 0.6) is 0 Å². The molecule has 60 heavy (non-hydrogen) atoms. The molecule has 1 unspecified atom stereocenters. The normalized spacial score (nSPS) is 15.6. The van der Waals surface area contributed by atoms with E-state index in [2.05, 4.69) is 73.1 Å². The van der Waals surface area contributed by atoms with Crippen molar-refractivity contribution in [3.63, 3.8) is 0 Å². The van der Waals surface area contributed by atoms with E-state index >= 15 is 0 Å². The molecule has 0 aromatic carbocycles. The number of rotatable bonds is 39. The Bertz CT molecular complexity index is 1370. The number of aliphatic hydroxyl groups excluding tert-OH is 2. The maximum Gasteiger partial charge on any atom is 0.472 e. The zero-order chi connectivity index (χ0) is 44.5. The number of carboxylic acid groups (broad SMARTS) is 1. The average molecular weight is 866 g/mol. The number of nitrogens with two attached hydrogens (primary N) is 1. The number of unbranched alkanes of at least 4 members (excludes halogenated alkanes) is 7. The van der Waals surface area contributed by atoms with E-state index in [9.17, 15) is 34.1 Å². The molecule has 0 spiro atoms. The third kappa shape index (κ3) is 37.6. The van der Waals surface area contributed by atoms with Gasteiger partial charge in [0.1, 0.15) is 12.6 Å². The van der Waals surface area contributed by atoms with Crippen LogP contribution in [0.3, 0.4) is 0 Å². The number of hydrogen-bond donors (Lipinski definition) is 5. The highest BCUT2D eigenvalue weighted by atomic mass is 31.2. The molecule has 0 amide bonds. The van der Waals surface area contributed by atoms with Crippen LogP contribution in [-0.2, 0) is 37.5 Å². The topological polar surface area (TPSA) is 212 Å². The van der Waals surface area contributed by atoms with Crippen LogP contribution in [0.25, 0.3) is 0 Å². The predicted octanol–water partition coefficient (Wildman–Crippen LogP) is 9.44. The van der Waals surface area contributed by atoms with E-state index in [0.717, 1.165) is 38.5 Å². The van der Waals surface area contributed by atoms with Gasteiger partial charge in [0.05, 0.1) is 25.4 Å². The van der Waals surface area contributed by atoms with Gasteiger partial charge in [-0.05, 0) is 83.5 Å². The molecule has 342 valence electrons. The number of phosphoric acid groups is 1. The van der Waals surface area contributed by atoms with Gasteiger partial charge < -0.3 is 35.4 Å². The van der Waals surface area contributed by atoms with Gasteiger partial charge in [-0.1, -0.05) is 131 Å². The van der Waals surface area contributed by atoms with Crippen molar-refractivity contribution in [3.05, 3.63) is 85.1 Å². The van der Waals surface area contributed by atoms with Crippen LogP contribution >= 0.6 is 7.82 Å². The molecule has 0 aliphatic heterocycles. The van der Waals surface area contributed by atoms with Gasteiger partial charge in [0.2, 0.25) is 0 Å². The van der Waals surface area contributed by atoms with Crippen molar-refractivity contribution < 1.29 is 57.7 Å². The average Bonchev–Trinajstić information content (AvgIpc) is 3.22. The van der Waals surface area contributed by atoms with Crippen LogP contribution in [-0.4, -0.2) is 82.3 Å². The highest BCUT2D eigenvalue weighted by Gasteiger charge is 2.28. The first kappa shape index (κ1) is 56.6.